The summed E-state index contributed by atoms with van der Waals surface area (Å²) >= 11 is 0. The van der Waals surface area contributed by atoms with Crippen LogP contribution in [0.3, 0.4) is 0 Å². The maximum atomic E-state index is 13.0. The number of ether oxygens (including phenoxy) is 4. The van der Waals surface area contributed by atoms with Gasteiger partial charge in [0.2, 0.25) is 0 Å². The fraction of sp³-hybridized carbons (Fsp3) is 0.276. The minimum absolute atomic E-state index is 0.144. The molecule has 0 amide bonds. The maximum absolute atomic E-state index is 13.0. The summed E-state index contributed by atoms with van der Waals surface area (Å²) in [5.41, 5.74) is -1.04. The molecule has 1 fully saturated rings. The average molecular weight is 633 g/mol. The number of carbonyl (C=O) groups excluding carboxylic acids is 3. The van der Waals surface area contributed by atoms with Gasteiger partial charge in [-0.2, -0.15) is 0 Å². The molecule has 9 N–H and O–H groups in total. The Bertz CT molecular complexity index is 1580. The van der Waals surface area contributed by atoms with E-state index in [0.29, 0.717) is 0 Å². The van der Waals surface area contributed by atoms with E-state index in [4.69, 9.17) is 18.9 Å². The maximum Gasteiger partial charge on any atom is 0.338 e. The number of aliphatic hydroxyl groups is 2. The van der Waals surface area contributed by atoms with Crippen molar-refractivity contribution in [3.05, 3.63) is 64.2 Å². The highest BCUT2D eigenvalue weighted by atomic mass is 16.6. The number of carbonyl (C=O) groups is 3. The van der Waals surface area contributed by atoms with Gasteiger partial charge in [-0.3, -0.25) is 0 Å². The van der Waals surface area contributed by atoms with Crippen LogP contribution in [0, 0.1) is 6.92 Å². The molecule has 0 aliphatic carbocycles. The van der Waals surface area contributed by atoms with E-state index in [2.05, 4.69) is 0 Å². The Kier molecular flexibility index (Phi) is 9.41. The molecule has 0 bridgehead atoms. The lowest BCUT2D eigenvalue weighted by Gasteiger charge is -2.38. The smallest absolute Gasteiger partial charge is 0.338 e. The molecule has 1 saturated heterocycles. The van der Waals surface area contributed by atoms with Crippen LogP contribution < -0.4 is 0 Å². The van der Waals surface area contributed by atoms with E-state index in [9.17, 15) is 60.3 Å². The molecule has 16 heteroatoms. The molecule has 3 aromatic carbocycles. The van der Waals surface area contributed by atoms with Gasteiger partial charge < -0.3 is 64.9 Å². The van der Waals surface area contributed by atoms with Crippen molar-refractivity contribution in [3.63, 3.8) is 0 Å². The van der Waals surface area contributed by atoms with E-state index in [-0.39, 0.29) is 27.8 Å². The molecule has 45 heavy (non-hydrogen) atoms. The number of phenolic OH excluding ortho intramolecular Hbond substituents is 6. The van der Waals surface area contributed by atoms with E-state index in [1.165, 1.54) is 13.0 Å². The van der Waals surface area contributed by atoms with Crippen LogP contribution in [0.5, 0.6) is 40.2 Å². The van der Waals surface area contributed by atoms with E-state index < -0.39 is 102 Å². The second kappa shape index (κ2) is 13.0. The lowest BCUT2D eigenvalue weighted by Crippen LogP contribution is -2.57. The van der Waals surface area contributed by atoms with Gasteiger partial charge >= 0.3 is 17.9 Å². The van der Waals surface area contributed by atoms with Crippen molar-refractivity contribution in [2.45, 2.75) is 37.9 Å². The van der Waals surface area contributed by atoms with Crippen LogP contribution in [0.4, 0.5) is 0 Å². The summed E-state index contributed by atoms with van der Waals surface area (Å²) in [4.78, 5) is 38.4. The fourth-order valence-corrected chi connectivity index (χ4v) is 4.39. The molecule has 4 atom stereocenters. The number of rotatable bonds is 8. The largest absolute Gasteiger partial charge is 0.504 e. The molecule has 1 aliphatic heterocycles. The van der Waals surface area contributed by atoms with Crippen molar-refractivity contribution < 1.29 is 79.3 Å². The SMILES string of the molecule is Cc1cc(C(=O)OC2COC(COC(=O)c3cc(O)c(O)c(O)c3)C(OC(=O)c3cc(O)c(O)c(CO)c3)C2O)cc(O)c1O. The first-order valence-electron chi connectivity index (χ1n) is 13.0. The van der Waals surface area contributed by atoms with Gasteiger partial charge in [-0.05, 0) is 48.9 Å². The third kappa shape index (κ3) is 6.87. The number of hydrogen-bond donors (Lipinski definition) is 9. The topological polar surface area (TPSA) is 270 Å². The fourth-order valence-electron chi connectivity index (χ4n) is 4.39. The number of aryl methyl sites for hydroxylation is 1. The molecule has 3 aromatic rings. The van der Waals surface area contributed by atoms with Gasteiger partial charge in [-0.15, -0.1) is 0 Å². The van der Waals surface area contributed by atoms with E-state index >= 15 is 0 Å². The van der Waals surface area contributed by atoms with Crippen LogP contribution in [0.2, 0.25) is 0 Å². The Morgan fingerprint density at radius 2 is 1.24 bits per heavy atom. The average Bonchev–Trinajstić information content (AvgIpc) is 3.00. The van der Waals surface area contributed by atoms with Crippen molar-refractivity contribution in [3.8, 4) is 40.2 Å². The number of aliphatic hydroxyl groups excluding tert-OH is 2. The molecule has 0 saturated carbocycles. The first-order chi connectivity index (χ1) is 21.2. The Balaban J connectivity index is 1.57. The molecule has 0 radical (unpaired) electrons. The van der Waals surface area contributed by atoms with Gasteiger partial charge in [0.25, 0.3) is 0 Å². The molecule has 1 aliphatic rings. The molecule has 4 rings (SSSR count). The Morgan fingerprint density at radius 3 is 1.82 bits per heavy atom. The van der Waals surface area contributed by atoms with Crippen LogP contribution in [0.1, 0.15) is 42.2 Å². The second-order valence-corrected chi connectivity index (χ2v) is 9.96. The Morgan fingerprint density at radius 1 is 0.733 bits per heavy atom. The molecule has 4 unspecified atom stereocenters. The summed E-state index contributed by atoms with van der Waals surface area (Å²) in [6.07, 6.45) is -6.45. The molecule has 1 heterocycles. The van der Waals surface area contributed by atoms with Gasteiger partial charge in [0, 0.05) is 5.56 Å². The zero-order chi connectivity index (χ0) is 33.2. The van der Waals surface area contributed by atoms with Crippen LogP contribution in [0.25, 0.3) is 0 Å². The van der Waals surface area contributed by atoms with Gasteiger partial charge in [-0.1, -0.05) is 0 Å². The first-order valence-corrected chi connectivity index (χ1v) is 13.0. The first kappa shape index (κ1) is 32.5. The minimum atomic E-state index is -1.83. The molecular formula is C29H28O16. The quantitative estimate of drug-likeness (QED) is 0.0943. The lowest BCUT2D eigenvalue weighted by molar-refractivity contribution is -0.196. The summed E-state index contributed by atoms with van der Waals surface area (Å²) in [7, 11) is 0. The summed E-state index contributed by atoms with van der Waals surface area (Å²) in [5, 5.41) is 88.8. The molecular weight excluding hydrogens is 604 g/mol. The van der Waals surface area contributed by atoms with E-state index in [1.807, 2.05) is 0 Å². The van der Waals surface area contributed by atoms with Crippen LogP contribution in [-0.2, 0) is 25.6 Å². The molecule has 240 valence electrons. The zero-order valence-electron chi connectivity index (χ0n) is 23.3. The Hall–Kier alpha value is -5.45. The van der Waals surface area contributed by atoms with Crippen molar-refractivity contribution >= 4 is 17.9 Å². The summed E-state index contributed by atoms with van der Waals surface area (Å²) in [6.45, 7) is -0.566. The van der Waals surface area contributed by atoms with Crippen molar-refractivity contribution in [2.24, 2.45) is 0 Å². The second-order valence-electron chi connectivity index (χ2n) is 9.96. The third-order valence-corrected chi connectivity index (χ3v) is 6.83. The molecule has 16 nitrogen and oxygen atoms in total. The molecule has 0 spiro atoms. The minimum Gasteiger partial charge on any atom is -0.504 e. The number of aromatic hydroxyl groups is 7. The number of phenols is 7. The summed E-state index contributed by atoms with van der Waals surface area (Å²) < 4.78 is 21.5. The zero-order valence-corrected chi connectivity index (χ0v) is 23.3. The summed E-state index contributed by atoms with van der Waals surface area (Å²) in [6, 6.07) is 5.57. The predicted molar refractivity (Wildman–Crippen MR) is 146 cm³/mol. The number of esters is 3. The van der Waals surface area contributed by atoms with Crippen molar-refractivity contribution in [1.29, 1.82) is 0 Å². The Labute approximate surface area is 253 Å². The monoisotopic (exact) mass is 632 g/mol. The highest BCUT2D eigenvalue weighted by molar-refractivity contribution is 5.92. The van der Waals surface area contributed by atoms with E-state index in [1.54, 1.807) is 0 Å². The predicted octanol–water partition coefficient (Wildman–Crippen LogP) is 0.794. The highest BCUT2D eigenvalue weighted by Gasteiger charge is 2.45. The standard InChI is InChI=1S/C29H28O16/c1-11-2-12(4-16(31)22(11)35)28(40)44-20-9-42-21(10-43-27(39)14-6-18(33)24(37)19(34)7-14)26(25(20)38)45-29(41)13-3-15(8-30)23(36)17(32)5-13/h2-7,20-21,25-26,30-38H,8-10H2,1H3. The van der Waals surface area contributed by atoms with Gasteiger partial charge in [0.05, 0.1) is 29.9 Å². The van der Waals surface area contributed by atoms with E-state index in [0.717, 1.165) is 30.3 Å². The molecule has 0 aromatic heterocycles. The van der Waals surface area contributed by atoms with Crippen molar-refractivity contribution in [1.82, 2.24) is 0 Å². The highest BCUT2D eigenvalue weighted by Crippen LogP contribution is 2.36. The van der Waals surface area contributed by atoms with Gasteiger partial charge in [-0.25, -0.2) is 14.4 Å². The lowest BCUT2D eigenvalue weighted by atomic mass is 9.99. The third-order valence-electron chi connectivity index (χ3n) is 6.83. The van der Waals surface area contributed by atoms with Gasteiger partial charge in [0.15, 0.2) is 52.5 Å². The number of hydrogen-bond acceptors (Lipinski definition) is 16. The van der Waals surface area contributed by atoms with Crippen molar-refractivity contribution in [2.75, 3.05) is 13.2 Å². The summed E-state index contributed by atoms with van der Waals surface area (Å²) in [5.74, 6) is -8.42. The number of benzene rings is 3. The van der Waals surface area contributed by atoms with Crippen LogP contribution >= 0.6 is 0 Å². The van der Waals surface area contributed by atoms with Gasteiger partial charge in [0.1, 0.15) is 18.8 Å². The van der Waals surface area contributed by atoms with Crippen LogP contribution in [-0.4, -0.2) is 101 Å². The van der Waals surface area contributed by atoms with Crippen LogP contribution in [0.15, 0.2) is 36.4 Å². The normalized spacial score (nSPS) is 19.4.